The smallest absolute Gasteiger partial charge is 0.0900 e. The maximum atomic E-state index is 10.1. The van der Waals surface area contributed by atoms with Crippen LogP contribution in [0.25, 0.3) is 0 Å². The SMILES string of the molecule is CC1CCC(OC[C@H](O)CN2CCC[C@H](C)C2)CC1. The highest BCUT2D eigenvalue weighted by atomic mass is 16.5. The van der Waals surface area contributed by atoms with Crippen LogP contribution in [0.3, 0.4) is 0 Å². The van der Waals surface area contributed by atoms with E-state index < -0.39 is 0 Å². The maximum Gasteiger partial charge on any atom is 0.0900 e. The molecule has 1 saturated heterocycles. The first-order chi connectivity index (χ1) is 9.13. The highest BCUT2D eigenvalue weighted by Gasteiger charge is 2.22. The van der Waals surface area contributed by atoms with Gasteiger partial charge in [-0.15, -0.1) is 0 Å². The molecule has 2 rings (SSSR count). The van der Waals surface area contributed by atoms with Gasteiger partial charge in [0.2, 0.25) is 0 Å². The summed E-state index contributed by atoms with van der Waals surface area (Å²) in [6.07, 6.45) is 7.60. The summed E-state index contributed by atoms with van der Waals surface area (Å²) in [5.41, 5.74) is 0. The third-order valence-electron chi connectivity index (χ3n) is 4.70. The Labute approximate surface area is 118 Å². The third kappa shape index (κ3) is 5.41. The summed E-state index contributed by atoms with van der Waals surface area (Å²) in [6.45, 7) is 8.21. The molecule has 2 fully saturated rings. The van der Waals surface area contributed by atoms with Gasteiger partial charge >= 0.3 is 0 Å². The lowest BCUT2D eigenvalue weighted by atomic mass is 9.89. The molecule has 3 nitrogen and oxygen atoms in total. The lowest BCUT2D eigenvalue weighted by Crippen LogP contribution is -2.41. The van der Waals surface area contributed by atoms with Gasteiger partial charge in [0.1, 0.15) is 0 Å². The zero-order chi connectivity index (χ0) is 13.7. The summed E-state index contributed by atoms with van der Waals surface area (Å²) >= 11 is 0. The maximum absolute atomic E-state index is 10.1. The molecule has 0 aromatic heterocycles. The van der Waals surface area contributed by atoms with E-state index in [-0.39, 0.29) is 6.10 Å². The molecule has 19 heavy (non-hydrogen) atoms. The van der Waals surface area contributed by atoms with Gasteiger partial charge in [-0.1, -0.05) is 13.8 Å². The number of hydrogen-bond donors (Lipinski definition) is 1. The van der Waals surface area contributed by atoms with E-state index in [1.807, 2.05) is 0 Å². The summed E-state index contributed by atoms with van der Waals surface area (Å²) < 4.78 is 5.88. The second-order valence-electron chi connectivity index (χ2n) is 6.88. The van der Waals surface area contributed by atoms with Gasteiger partial charge in [0.15, 0.2) is 0 Å². The Bertz CT molecular complexity index is 251. The van der Waals surface area contributed by atoms with E-state index in [4.69, 9.17) is 4.74 Å². The standard InChI is InChI=1S/C16H31NO2/c1-13-5-7-16(8-6-13)19-12-15(18)11-17-9-3-4-14(2)10-17/h13-16,18H,3-12H2,1-2H3/t13?,14-,15+,16?/m0/s1. The molecule has 0 bridgehead atoms. The average molecular weight is 269 g/mol. The molecule has 1 aliphatic heterocycles. The van der Waals surface area contributed by atoms with Crippen molar-refractivity contribution in [2.24, 2.45) is 11.8 Å². The van der Waals surface area contributed by atoms with Crippen molar-refractivity contribution in [2.75, 3.05) is 26.2 Å². The fraction of sp³-hybridized carbons (Fsp3) is 1.00. The molecule has 1 heterocycles. The Balaban J connectivity index is 1.60. The van der Waals surface area contributed by atoms with E-state index in [0.29, 0.717) is 12.7 Å². The van der Waals surface area contributed by atoms with E-state index in [1.165, 1.54) is 38.5 Å². The number of ether oxygens (including phenoxy) is 1. The molecule has 0 spiro atoms. The molecule has 2 atom stereocenters. The van der Waals surface area contributed by atoms with Gasteiger partial charge in [-0.2, -0.15) is 0 Å². The molecule has 2 aliphatic rings. The van der Waals surface area contributed by atoms with Crippen molar-refractivity contribution in [3.05, 3.63) is 0 Å². The molecule has 1 saturated carbocycles. The fourth-order valence-electron chi connectivity index (χ4n) is 3.45. The second kappa shape index (κ2) is 7.61. The zero-order valence-electron chi connectivity index (χ0n) is 12.7. The van der Waals surface area contributed by atoms with E-state index in [2.05, 4.69) is 18.7 Å². The molecule has 0 radical (unpaired) electrons. The van der Waals surface area contributed by atoms with Crippen molar-refractivity contribution >= 4 is 0 Å². The highest BCUT2D eigenvalue weighted by Crippen LogP contribution is 2.25. The number of piperidine rings is 1. The van der Waals surface area contributed by atoms with Crippen LogP contribution < -0.4 is 0 Å². The Hall–Kier alpha value is -0.120. The second-order valence-corrected chi connectivity index (χ2v) is 6.88. The monoisotopic (exact) mass is 269 g/mol. The molecule has 0 unspecified atom stereocenters. The van der Waals surface area contributed by atoms with Crippen LogP contribution in [0.5, 0.6) is 0 Å². The first-order valence-electron chi connectivity index (χ1n) is 8.15. The number of nitrogens with zero attached hydrogens (tertiary/aromatic N) is 1. The van der Waals surface area contributed by atoms with Crippen molar-refractivity contribution in [3.63, 3.8) is 0 Å². The lowest BCUT2D eigenvalue weighted by molar-refractivity contribution is -0.0400. The van der Waals surface area contributed by atoms with Gasteiger partial charge in [0.25, 0.3) is 0 Å². The molecule has 0 aromatic rings. The van der Waals surface area contributed by atoms with Gasteiger partial charge in [-0.3, -0.25) is 0 Å². The van der Waals surface area contributed by atoms with Crippen molar-refractivity contribution in [1.82, 2.24) is 4.90 Å². The highest BCUT2D eigenvalue weighted by molar-refractivity contribution is 4.74. The first-order valence-corrected chi connectivity index (χ1v) is 8.15. The van der Waals surface area contributed by atoms with Gasteiger partial charge in [-0.25, -0.2) is 0 Å². The Kier molecular flexibility index (Phi) is 6.11. The predicted octanol–water partition coefficient (Wildman–Crippen LogP) is 2.67. The molecule has 0 aromatic carbocycles. The Morgan fingerprint density at radius 1 is 1.11 bits per heavy atom. The summed E-state index contributed by atoms with van der Waals surface area (Å²) in [6, 6.07) is 0. The first kappa shape index (κ1) is 15.3. The lowest BCUT2D eigenvalue weighted by Gasteiger charge is -2.33. The van der Waals surface area contributed by atoms with Crippen LogP contribution in [0.1, 0.15) is 52.4 Å². The number of likely N-dealkylation sites (tertiary alicyclic amines) is 1. The summed E-state index contributed by atoms with van der Waals surface area (Å²) in [4.78, 5) is 2.39. The van der Waals surface area contributed by atoms with Crippen LogP contribution >= 0.6 is 0 Å². The molecule has 1 N–H and O–H groups in total. The summed E-state index contributed by atoms with van der Waals surface area (Å²) in [7, 11) is 0. The normalized spacial score (nSPS) is 35.2. The number of aliphatic hydroxyl groups excluding tert-OH is 1. The number of aliphatic hydroxyl groups is 1. The fourth-order valence-corrected chi connectivity index (χ4v) is 3.45. The van der Waals surface area contributed by atoms with Crippen LogP contribution in [0.15, 0.2) is 0 Å². The largest absolute Gasteiger partial charge is 0.389 e. The van der Waals surface area contributed by atoms with Crippen molar-refractivity contribution in [2.45, 2.75) is 64.6 Å². The van der Waals surface area contributed by atoms with Gasteiger partial charge in [0, 0.05) is 13.1 Å². The molecule has 3 heteroatoms. The summed E-state index contributed by atoms with van der Waals surface area (Å²) in [5, 5.41) is 10.1. The topological polar surface area (TPSA) is 32.7 Å². The zero-order valence-corrected chi connectivity index (χ0v) is 12.7. The van der Waals surface area contributed by atoms with Gasteiger partial charge < -0.3 is 14.7 Å². The van der Waals surface area contributed by atoms with Gasteiger partial charge in [-0.05, 0) is 56.9 Å². The molecule has 1 aliphatic carbocycles. The Morgan fingerprint density at radius 2 is 1.84 bits per heavy atom. The molecule has 112 valence electrons. The molecular formula is C16H31NO2. The van der Waals surface area contributed by atoms with Crippen molar-refractivity contribution in [3.8, 4) is 0 Å². The Morgan fingerprint density at radius 3 is 2.53 bits per heavy atom. The number of rotatable bonds is 5. The minimum absolute atomic E-state index is 0.315. The van der Waals surface area contributed by atoms with Gasteiger partial charge in [0.05, 0.1) is 18.8 Å². The van der Waals surface area contributed by atoms with Crippen molar-refractivity contribution in [1.29, 1.82) is 0 Å². The third-order valence-corrected chi connectivity index (χ3v) is 4.70. The van der Waals surface area contributed by atoms with E-state index in [9.17, 15) is 5.11 Å². The quantitative estimate of drug-likeness (QED) is 0.833. The van der Waals surface area contributed by atoms with Crippen LogP contribution in [0, 0.1) is 11.8 Å². The van der Waals surface area contributed by atoms with E-state index in [0.717, 1.165) is 31.5 Å². The van der Waals surface area contributed by atoms with E-state index in [1.54, 1.807) is 0 Å². The van der Waals surface area contributed by atoms with Crippen LogP contribution in [0.2, 0.25) is 0 Å². The van der Waals surface area contributed by atoms with Crippen LogP contribution in [0.4, 0.5) is 0 Å². The minimum Gasteiger partial charge on any atom is -0.389 e. The molecular weight excluding hydrogens is 238 g/mol. The van der Waals surface area contributed by atoms with Crippen molar-refractivity contribution < 1.29 is 9.84 Å². The number of hydrogen-bond acceptors (Lipinski definition) is 3. The predicted molar refractivity (Wildman–Crippen MR) is 78.2 cm³/mol. The van der Waals surface area contributed by atoms with Crippen LogP contribution in [-0.2, 0) is 4.74 Å². The average Bonchev–Trinajstić information content (AvgIpc) is 2.38. The molecule has 0 amide bonds. The number of β-amino-alcohol motifs (C(OH)–C–C–N with tert-alkyl or cyclic N) is 1. The van der Waals surface area contributed by atoms with Crippen LogP contribution in [-0.4, -0.2) is 48.5 Å². The summed E-state index contributed by atoms with van der Waals surface area (Å²) in [5.74, 6) is 1.64. The van der Waals surface area contributed by atoms with E-state index >= 15 is 0 Å². The minimum atomic E-state index is -0.315.